The monoisotopic (exact) mass is 299 g/mol. The molecule has 0 bridgehead atoms. The number of hydrogen-bond acceptors (Lipinski definition) is 1. The van der Waals surface area contributed by atoms with E-state index in [9.17, 15) is 0 Å². The SMILES string of the molecule is C=Cc1ccc(C(CN)(c2ccccc2)c2ccccc2)cc1. The molecule has 0 aromatic heterocycles. The Morgan fingerprint density at radius 1 is 0.696 bits per heavy atom. The molecular weight excluding hydrogens is 278 g/mol. The van der Waals surface area contributed by atoms with Crippen molar-refractivity contribution in [1.29, 1.82) is 0 Å². The molecule has 0 saturated carbocycles. The molecule has 3 aromatic carbocycles. The van der Waals surface area contributed by atoms with Crippen LogP contribution in [-0.2, 0) is 5.41 Å². The van der Waals surface area contributed by atoms with Crippen LogP contribution in [0.3, 0.4) is 0 Å². The van der Waals surface area contributed by atoms with Gasteiger partial charge in [-0.15, -0.1) is 0 Å². The molecule has 0 fully saturated rings. The van der Waals surface area contributed by atoms with Crippen molar-refractivity contribution in [3.05, 3.63) is 114 Å². The predicted octanol–water partition coefficient (Wildman–Crippen LogP) is 4.62. The van der Waals surface area contributed by atoms with E-state index in [1.165, 1.54) is 16.7 Å². The maximum atomic E-state index is 6.35. The minimum atomic E-state index is -0.345. The van der Waals surface area contributed by atoms with Crippen LogP contribution in [0.25, 0.3) is 6.08 Å². The summed E-state index contributed by atoms with van der Waals surface area (Å²) in [6.45, 7) is 4.34. The number of benzene rings is 3. The van der Waals surface area contributed by atoms with Gasteiger partial charge in [-0.05, 0) is 22.3 Å². The summed E-state index contributed by atoms with van der Waals surface area (Å²) in [4.78, 5) is 0. The van der Waals surface area contributed by atoms with E-state index in [0.29, 0.717) is 6.54 Å². The van der Waals surface area contributed by atoms with Crippen molar-refractivity contribution in [1.82, 2.24) is 0 Å². The molecular formula is C22H21N. The van der Waals surface area contributed by atoms with Gasteiger partial charge in [0.1, 0.15) is 0 Å². The predicted molar refractivity (Wildman–Crippen MR) is 98.4 cm³/mol. The Labute approximate surface area is 138 Å². The minimum absolute atomic E-state index is 0.345. The quantitative estimate of drug-likeness (QED) is 0.683. The van der Waals surface area contributed by atoms with Crippen molar-refractivity contribution in [3.63, 3.8) is 0 Å². The van der Waals surface area contributed by atoms with Crippen LogP contribution >= 0.6 is 0 Å². The van der Waals surface area contributed by atoms with Gasteiger partial charge >= 0.3 is 0 Å². The second kappa shape index (κ2) is 6.64. The Morgan fingerprint density at radius 3 is 1.52 bits per heavy atom. The maximum absolute atomic E-state index is 6.35. The molecule has 0 atom stereocenters. The van der Waals surface area contributed by atoms with Crippen molar-refractivity contribution >= 4 is 6.08 Å². The molecule has 0 radical (unpaired) electrons. The highest BCUT2D eigenvalue weighted by atomic mass is 14.6. The molecule has 3 aromatic rings. The van der Waals surface area contributed by atoms with Crippen molar-refractivity contribution in [2.75, 3.05) is 6.54 Å². The molecule has 0 aliphatic heterocycles. The average molecular weight is 299 g/mol. The summed E-state index contributed by atoms with van der Waals surface area (Å²) in [7, 11) is 0. The van der Waals surface area contributed by atoms with Crippen LogP contribution in [0, 0.1) is 0 Å². The third-order valence-electron chi connectivity index (χ3n) is 4.48. The number of rotatable bonds is 5. The van der Waals surface area contributed by atoms with Crippen LogP contribution in [0.2, 0.25) is 0 Å². The first-order chi connectivity index (χ1) is 11.3. The fourth-order valence-corrected chi connectivity index (χ4v) is 3.20. The normalized spacial score (nSPS) is 11.2. The fourth-order valence-electron chi connectivity index (χ4n) is 3.20. The molecule has 23 heavy (non-hydrogen) atoms. The first-order valence-corrected chi connectivity index (χ1v) is 7.85. The van der Waals surface area contributed by atoms with E-state index in [4.69, 9.17) is 5.73 Å². The van der Waals surface area contributed by atoms with Crippen LogP contribution in [-0.4, -0.2) is 6.54 Å². The molecule has 0 aliphatic rings. The molecule has 0 spiro atoms. The standard InChI is InChI=1S/C22H21N/c1-2-18-13-15-21(16-14-18)22(17-23,19-9-5-3-6-10-19)20-11-7-4-8-12-20/h2-16H,1,17,23H2. The third-order valence-corrected chi connectivity index (χ3v) is 4.48. The van der Waals surface area contributed by atoms with Crippen LogP contribution in [0.15, 0.2) is 91.5 Å². The first kappa shape index (κ1) is 15.3. The summed E-state index contributed by atoms with van der Waals surface area (Å²) in [5.41, 5.74) is 10.7. The van der Waals surface area contributed by atoms with Gasteiger partial charge in [-0.2, -0.15) is 0 Å². The van der Waals surface area contributed by atoms with Crippen molar-refractivity contribution in [3.8, 4) is 0 Å². The molecule has 0 unspecified atom stereocenters. The molecule has 3 rings (SSSR count). The fraction of sp³-hybridized carbons (Fsp3) is 0.0909. The van der Waals surface area contributed by atoms with E-state index in [1.54, 1.807) is 0 Å². The zero-order valence-corrected chi connectivity index (χ0v) is 13.2. The van der Waals surface area contributed by atoms with E-state index in [-0.39, 0.29) is 5.41 Å². The topological polar surface area (TPSA) is 26.0 Å². The molecule has 114 valence electrons. The van der Waals surface area contributed by atoms with E-state index < -0.39 is 0 Å². The molecule has 0 amide bonds. The van der Waals surface area contributed by atoms with Crippen molar-refractivity contribution < 1.29 is 0 Å². The van der Waals surface area contributed by atoms with Crippen LogP contribution in [0.5, 0.6) is 0 Å². The lowest BCUT2D eigenvalue weighted by Gasteiger charge is -2.34. The lowest BCUT2D eigenvalue weighted by atomic mass is 9.69. The van der Waals surface area contributed by atoms with Gasteiger partial charge in [0.25, 0.3) is 0 Å². The second-order valence-electron chi connectivity index (χ2n) is 5.67. The maximum Gasteiger partial charge on any atom is 0.0573 e. The summed E-state index contributed by atoms with van der Waals surface area (Å²) in [5.74, 6) is 0. The zero-order chi connectivity index (χ0) is 16.1. The van der Waals surface area contributed by atoms with Crippen LogP contribution in [0.1, 0.15) is 22.3 Å². The van der Waals surface area contributed by atoms with Gasteiger partial charge in [0, 0.05) is 6.54 Å². The third kappa shape index (κ3) is 2.71. The largest absolute Gasteiger partial charge is 0.329 e. The lowest BCUT2D eigenvalue weighted by Crippen LogP contribution is -2.37. The van der Waals surface area contributed by atoms with Crippen molar-refractivity contribution in [2.24, 2.45) is 5.73 Å². The number of hydrogen-bond donors (Lipinski definition) is 1. The molecule has 0 saturated heterocycles. The average Bonchev–Trinajstić information content (AvgIpc) is 2.65. The molecule has 0 heterocycles. The van der Waals surface area contributed by atoms with E-state index in [0.717, 1.165) is 5.56 Å². The van der Waals surface area contributed by atoms with Crippen LogP contribution < -0.4 is 5.73 Å². The van der Waals surface area contributed by atoms with Gasteiger partial charge < -0.3 is 5.73 Å². The summed E-state index contributed by atoms with van der Waals surface area (Å²) < 4.78 is 0. The highest BCUT2D eigenvalue weighted by Gasteiger charge is 2.34. The lowest BCUT2D eigenvalue weighted by molar-refractivity contribution is 0.629. The zero-order valence-electron chi connectivity index (χ0n) is 13.2. The minimum Gasteiger partial charge on any atom is -0.329 e. The summed E-state index contributed by atoms with van der Waals surface area (Å²) in [6, 6.07) is 29.5. The highest BCUT2D eigenvalue weighted by Crippen LogP contribution is 2.38. The smallest absolute Gasteiger partial charge is 0.0573 e. The molecule has 1 heteroatoms. The Morgan fingerprint density at radius 2 is 1.13 bits per heavy atom. The van der Waals surface area contributed by atoms with Gasteiger partial charge in [0.05, 0.1) is 5.41 Å². The molecule has 0 aliphatic carbocycles. The summed E-state index contributed by atoms with van der Waals surface area (Å²) in [6.07, 6.45) is 1.86. The first-order valence-electron chi connectivity index (χ1n) is 7.85. The van der Waals surface area contributed by atoms with E-state index in [2.05, 4.69) is 79.4 Å². The van der Waals surface area contributed by atoms with Crippen LogP contribution in [0.4, 0.5) is 0 Å². The van der Waals surface area contributed by atoms with Gasteiger partial charge in [-0.1, -0.05) is 97.6 Å². The Bertz CT molecular complexity index is 719. The Kier molecular flexibility index (Phi) is 4.40. The van der Waals surface area contributed by atoms with E-state index >= 15 is 0 Å². The number of nitrogens with two attached hydrogens (primary N) is 1. The van der Waals surface area contributed by atoms with E-state index in [1.807, 2.05) is 18.2 Å². The second-order valence-corrected chi connectivity index (χ2v) is 5.67. The van der Waals surface area contributed by atoms with Gasteiger partial charge in [0.2, 0.25) is 0 Å². The van der Waals surface area contributed by atoms with Gasteiger partial charge in [-0.25, -0.2) is 0 Å². The molecule has 1 nitrogen and oxygen atoms in total. The van der Waals surface area contributed by atoms with Gasteiger partial charge in [0.15, 0.2) is 0 Å². The molecule has 2 N–H and O–H groups in total. The Hall–Kier alpha value is -2.64. The summed E-state index contributed by atoms with van der Waals surface area (Å²) >= 11 is 0. The highest BCUT2D eigenvalue weighted by molar-refractivity contribution is 5.54. The summed E-state index contributed by atoms with van der Waals surface area (Å²) in [5, 5.41) is 0. The Balaban J connectivity index is 2.26. The van der Waals surface area contributed by atoms with Gasteiger partial charge in [-0.3, -0.25) is 0 Å². The van der Waals surface area contributed by atoms with Crippen molar-refractivity contribution in [2.45, 2.75) is 5.41 Å².